The number of nitro benzene ring substituents is 1. The van der Waals surface area contributed by atoms with Crippen molar-refractivity contribution >= 4 is 23.4 Å². The van der Waals surface area contributed by atoms with Crippen LogP contribution in [0, 0.1) is 10.1 Å². The molecule has 18 heavy (non-hydrogen) atoms. The molecule has 0 N–H and O–H groups in total. The molecule has 96 valence electrons. The number of carbonyl (C=O) groups is 1. The minimum absolute atomic E-state index is 0.00739. The number of carbonyl (C=O) groups excluding carboxylic acids is 1. The van der Waals surface area contributed by atoms with Crippen LogP contribution in [0.25, 0.3) is 6.08 Å². The van der Waals surface area contributed by atoms with Crippen molar-refractivity contribution in [1.82, 2.24) is 0 Å². The van der Waals surface area contributed by atoms with Gasteiger partial charge in [-0.1, -0.05) is 6.07 Å². The first kappa shape index (κ1) is 13.7. The van der Waals surface area contributed by atoms with Crippen molar-refractivity contribution in [2.45, 2.75) is 0 Å². The standard InChI is InChI=1S/C12H14N2O4/c1-13(2)10-6-4-9(5-7-12(15)18-3)8-11(10)14(16)17/h4-8H,1-3H3. The van der Waals surface area contributed by atoms with E-state index in [4.69, 9.17) is 0 Å². The number of anilines is 1. The van der Waals surface area contributed by atoms with Gasteiger partial charge in [-0.15, -0.1) is 0 Å². The first-order valence-corrected chi connectivity index (χ1v) is 5.17. The number of methoxy groups -OCH3 is 1. The van der Waals surface area contributed by atoms with Crippen molar-refractivity contribution in [3.8, 4) is 0 Å². The van der Waals surface area contributed by atoms with Crippen molar-refractivity contribution < 1.29 is 14.5 Å². The number of rotatable bonds is 4. The first-order chi connectivity index (χ1) is 8.45. The van der Waals surface area contributed by atoms with Gasteiger partial charge in [-0.2, -0.15) is 0 Å². The maximum absolute atomic E-state index is 10.9. The minimum Gasteiger partial charge on any atom is -0.466 e. The fourth-order valence-corrected chi connectivity index (χ4v) is 1.40. The van der Waals surface area contributed by atoms with Gasteiger partial charge >= 0.3 is 5.97 Å². The SMILES string of the molecule is COC(=O)C=Cc1ccc(N(C)C)c([N+](=O)[O-])c1. The largest absolute Gasteiger partial charge is 0.466 e. The first-order valence-electron chi connectivity index (χ1n) is 5.17. The Balaban J connectivity index is 3.11. The molecule has 0 saturated carbocycles. The third-order valence-corrected chi connectivity index (χ3v) is 2.29. The Morgan fingerprint density at radius 2 is 2.11 bits per heavy atom. The summed E-state index contributed by atoms with van der Waals surface area (Å²) in [6.45, 7) is 0. The lowest BCUT2D eigenvalue weighted by Crippen LogP contribution is -2.11. The molecule has 6 nitrogen and oxygen atoms in total. The summed E-state index contributed by atoms with van der Waals surface area (Å²) in [6, 6.07) is 4.74. The van der Waals surface area contributed by atoms with Gasteiger partial charge in [-0.05, 0) is 17.7 Å². The van der Waals surface area contributed by atoms with Crippen LogP contribution in [0.2, 0.25) is 0 Å². The molecule has 0 bridgehead atoms. The van der Waals surface area contributed by atoms with E-state index in [1.54, 1.807) is 31.1 Å². The highest BCUT2D eigenvalue weighted by Gasteiger charge is 2.15. The van der Waals surface area contributed by atoms with E-state index in [0.717, 1.165) is 0 Å². The maximum Gasteiger partial charge on any atom is 0.330 e. The van der Waals surface area contributed by atoms with E-state index in [9.17, 15) is 14.9 Å². The van der Waals surface area contributed by atoms with Crippen LogP contribution in [-0.2, 0) is 9.53 Å². The van der Waals surface area contributed by atoms with Crippen LogP contribution in [0.1, 0.15) is 5.56 Å². The monoisotopic (exact) mass is 250 g/mol. The average Bonchev–Trinajstić information content (AvgIpc) is 2.35. The van der Waals surface area contributed by atoms with Crippen molar-refractivity contribution in [3.63, 3.8) is 0 Å². The number of nitro groups is 1. The second kappa shape index (κ2) is 5.81. The summed E-state index contributed by atoms with van der Waals surface area (Å²) in [7, 11) is 4.73. The topological polar surface area (TPSA) is 72.7 Å². The Bertz CT molecular complexity index is 495. The smallest absolute Gasteiger partial charge is 0.330 e. The molecule has 0 heterocycles. The predicted octanol–water partition coefficient (Wildman–Crippen LogP) is 1.85. The quantitative estimate of drug-likeness (QED) is 0.353. The van der Waals surface area contributed by atoms with Crippen molar-refractivity contribution in [2.24, 2.45) is 0 Å². The summed E-state index contributed by atoms with van der Waals surface area (Å²) in [5, 5.41) is 10.9. The molecule has 0 saturated heterocycles. The van der Waals surface area contributed by atoms with E-state index in [1.807, 2.05) is 0 Å². The average molecular weight is 250 g/mol. The van der Waals surface area contributed by atoms with Gasteiger partial charge in [0.15, 0.2) is 0 Å². The van der Waals surface area contributed by atoms with Gasteiger partial charge in [0.25, 0.3) is 5.69 Å². The van der Waals surface area contributed by atoms with Gasteiger partial charge < -0.3 is 9.64 Å². The number of esters is 1. The molecule has 6 heteroatoms. The molecule has 1 aromatic rings. The molecule has 0 aromatic heterocycles. The van der Waals surface area contributed by atoms with Crippen LogP contribution >= 0.6 is 0 Å². The fraction of sp³-hybridized carbons (Fsp3) is 0.250. The highest BCUT2D eigenvalue weighted by Crippen LogP contribution is 2.28. The maximum atomic E-state index is 10.9. The van der Waals surface area contributed by atoms with E-state index < -0.39 is 10.9 Å². The molecule has 1 aromatic carbocycles. The van der Waals surface area contributed by atoms with Gasteiger partial charge in [0.1, 0.15) is 5.69 Å². The molecule has 0 aliphatic heterocycles. The number of ether oxygens (including phenoxy) is 1. The summed E-state index contributed by atoms with van der Waals surface area (Å²) in [5.41, 5.74) is 1.07. The predicted molar refractivity (Wildman–Crippen MR) is 68.5 cm³/mol. The Kier molecular flexibility index (Phi) is 4.42. The summed E-state index contributed by atoms with van der Waals surface area (Å²) < 4.78 is 4.44. The Morgan fingerprint density at radius 3 is 2.61 bits per heavy atom. The molecule has 0 aliphatic rings. The van der Waals surface area contributed by atoms with Crippen molar-refractivity contribution in [2.75, 3.05) is 26.1 Å². The fourth-order valence-electron chi connectivity index (χ4n) is 1.40. The minimum atomic E-state index is -0.505. The van der Waals surface area contributed by atoms with E-state index >= 15 is 0 Å². The Labute approximate surface area is 105 Å². The summed E-state index contributed by atoms with van der Waals surface area (Å²) in [6.07, 6.45) is 2.69. The Morgan fingerprint density at radius 1 is 1.44 bits per heavy atom. The van der Waals surface area contributed by atoms with E-state index in [-0.39, 0.29) is 5.69 Å². The number of hydrogen-bond acceptors (Lipinski definition) is 5. The lowest BCUT2D eigenvalue weighted by Gasteiger charge is -2.12. The molecule has 0 unspecified atom stereocenters. The molecule has 0 spiro atoms. The van der Waals surface area contributed by atoms with Crippen LogP contribution in [0.3, 0.4) is 0 Å². The zero-order chi connectivity index (χ0) is 13.7. The highest BCUT2D eigenvalue weighted by molar-refractivity contribution is 5.87. The van der Waals surface area contributed by atoms with Crippen molar-refractivity contribution in [3.05, 3.63) is 40.0 Å². The second-order valence-corrected chi connectivity index (χ2v) is 3.76. The molecular formula is C12H14N2O4. The van der Waals surface area contributed by atoms with Gasteiger partial charge in [0, 0.05) is 26.2 Å². The van der Waals surface area contributed by atoms with Crippen LogP contribution in [0.5, 0.6) is 0 Å². The van der Waals surface area contributed by atoms with E-state index in [0.29, 0.717) is 11.3 Å². The van der Waals surface area contributed by atoms with E-state index in [1.165, 1.54) is 25.3 Å². The highest BCUT2D eigenvalue weighted by atomic mass is 16.6. The number of benzene rings is 1. The van der Waals surface area contributed by atoms with Crippen LogP contribution in [-0.4, -0.2) is 32.1 Å². The number of nitrogens with zero attached hydrogens (tertiary/aromatic N) is 2. The molecule has 1 rings (SSSR count). The summed E-state index contributed by atoms with van der Waals surface area (Å²) in [5.74, 6) is -0.505. The Hall–Kier alpha value is -2.37. The molecule has 0 radical (unpaired) electrons. The third kappa shape index (κ3) is 3.31. The molecule has 0 aliphatic carbocycles. The molecule has 0 atom stereocenters. The van der Waals surface area contributed by atoms with Crippen LogP contribution in [0.4, 0.5) is 11.4 Å². The third-order valence-electron chi connectivity index (χ3n) is 2.29. The van der Waals surface area contributed by atoms with Crippen molar-refractivity contribution in [1.29, 1.82) is 0 Å². The van der Waals surface area contributed by atoms with Crippen LogP contribution < -0.4 is 4.90 Å². The summed E-state index contributed by atoms with van der Waals surface area (Å²) in [4.78, 5) is 23.1. The zero-order valence-corrected chi connectivity index (χ0v) is 10.4. The van der Waals surface area contributed by atoms with Gasteiger partial charge in [0.2, 0.25) is 0 Å². The zero-order valence-electron chi connectivity index (χ0n) is 10.4. The molecule has 0 fully saturated rings. The number of hydrogen-bond donors (Lipinski definition) is 0. The van der Waals surface area contributed by atoms with Gasteiger partial charge in [-0.25, -0.2) is 4.79 Å². The van der Waals surface area contributed by atoms with E-state index in [2.05, 4.69) is 4.74 Å². The van der Waals surface area contributed by atoms with Gasteiger partial charge in [0.05, 0.1) is 12.0 Å². The molecule has 0 amide bonds. The second-order valence-electron chi connectivity index (χ2n) is 3.76. The summed E-state index contributed by atoms with van der Waals surface area (Å²) >= 11 is 0. The lowest BCUT2D eigenvalue weighted by molar-refractivity contribution is -0.384. The molecular weight excluding hydrogens is 236 g/mol. The van der Waals surface area contributed by atoms with Crippen LogP contribution in [0.15, 0.2) is 24.3 Å². The normalized spacial score (nSPS) is 10.4. The lowest BCUT2D eigenvalue weighted by atomic mass is 10.1. The van der Waals surface area contributed by atoms with Gasteiger partial charge in [-0.3, -0.25) is 10.1 Å².